The molecular weight excluding hydrogens is 951 g/mol. The molecule has 0 fully saturated rings. The molecule has 342 valence electrons. The highest BCUT2D eigenvalue weighted by Gasteiger charge is 2.52. The van der Waals surface area contributed by atoms with Gasteiger partial charge < -0.3 is 5.11 Å². The number of benzene rings is 6. The first-order chi connectivity index (χ1) is 30.3. The summed E-state index contributed by atoms with van der Waals surface area (Å²) in [4.78, 5) is 24.0. The second kappa shape index (κ2) is 18.5. The van der Waals surface area contributed by atoms with Crippen LogP contribution in [0.1, 0.15) is 20.7 Å². The molecule has 0 aromatic heterocycles. The molecule has 6 aromatic rings. The molecule has 1 unspecified atom stereocenters. The number of Topliss-reactive ketones (excluding diaryl/α,β-unsaturated/α-hetero) is 1. The fraction of sp³-hybridized carbons (Fsp3) is 0.0500. The molecule has 0 spiro atoms. The highest BCUT2D eigenvalue weighted by atomic mass is 32.2. The summed E-state index contributed by atoms with van der Waals surface area (Å²) < 4.78 is 294. The van der Waals surface area contributed by atoms with Gasteiger partial charge in [0.15, 0.2) is 80.5 Å². The maximum Gasteiger partial charge on any atom is 0.335 e. The first-order valence-electron chi connectivity index (χ1n) is 17.1. The molecule has 0 saturated carbocycles. The zero-order valence-corrected chi connectivity index (χ0v) is 32.0. The van der Waals surface area contributed by atoms with Crippen molar-refractivity contribution in [3.05, 3.63) is 182 Å². The van der Waals surface area contributed by atoms with Crippen LogP contribution in [0.3, 0.4) is 0 Å². The molecule has 3 nitrogen and oxygen atoms in total. The average molecular weight is 966 g/mol. The van der Waals surface area contributed by atoms with E-state index in [1.54, 1.807) is 30.3 Å². The smallest absolute Gasteiger partial charge is 0.335 e. The summed E-state index contributed by atoms with van der Waals surface area (Å²) >= 11 is 0. The number of carboxylic acid groups (broad SMARTS) is 1. The number of hydrogen-bond donors (Lipinski definition) is 1. The van der Waals surface area contributed by atoms with Gasteiger partial charge in [0.05, 0.1) is 5.56 Å². The van der Waals surface area contributed by atoms with E-state index in [1.807, 2.05) is 30.5 Å². The van der Waals surface area contributed by atoms with Gasteiger partial charge in [0.1, 0.15) is 58.9 Å². The Morgan fingerprint density at radius 2 is 0.662 bits per heavy atom. The first-order valence-corrected chi connectivity index (χ1v) is 18.9. The van der Waals surface area contributed by atoms with Crippen LogP contribution in [0.15, 0.2) is 59.5 Å². The molecule has 0 aliphatic rings. The van der Waals surface area contributed by atoms with Crippen LogP contribution in [0.5, 0.6) is 0 Å². The van der Waals surface area contributed by atoms with Crippen LogP contribution in [0.2, 0.25) is 0 Å². The predicted octanol–water partition coefficient (Wildman–Crippen LogP) is 8.72. The van der Waals surface area contributed by atoms with Crippen LogP contribution in [0.4, 0.5) is 87.8 Å². The van der Waals surface area contributed by atoms with Crippen molar-refractivity contribution in [1.82, 2.24) is 0 Å². The van der Waals surface area contributed by atoms with Crippen molar-refractivity contribution in [2.45, 2.75) is 4.90 Å². The summed E-state index contributed by atoms with van der Waals surface area (Å²) in [6.07, 6.45) is -5.26. The Morgan fingerprint density at radius 3 is 0.938 bits per heavy atom. The number of halogens is 20. The van der Waals surface area contributed by atoms with Crippen molar-refractivity contribution < 1.29 is 103 Å². The van der Waals surface area contributed by atoms with Crippen molar-refractivity contribution in [2.75, 3.05) is 12.0 Å². The third-order valence-electron chi connectivity index (χ3n) is 9.63. The van der Waals surface area contributed by atoms with Crippen LogP contribution in [0.25, 0.3) is 0 Å². The molecule has 0 saturated heterocycles. The van der Waals surface area contributed by atoms with Crippen LogP contribution in [0, 0.1) is 116 Å². The molecule has 0 heterocycles. The lowest BCUT2D eigenvalue weighted by Gasteiger charge is -2.44. The molecule has 65 heavy (non-hydrogen) atoms. The summed E-state index contributed by atoms with van der Waals surface area (Å²) in [7, 11) is -0.304. The van der Waals surface area contributed by atoms with E-state index in [1.165, 1.54) is 0 Å². The molecular formula is C40H15BF20O3S. The highest BCUT2D eigenvalue weighted by Crippen LogP contribution is 2.31. The lowest BCUT2D eigenvalue weighted by molar-refractivity contribution is 0.0696. The van der Waals surface area contributed by atoms with Crippen LogP contribution in [-0.4, -0.2) is 35.0 Å². The van der Waals surface area contributed by atoms with Crippen molar-refractivity contribution in [3.8, 4) is 0 Å². The van der Waals surface area contributed by atoms with Gasteiger partial charge in [-0.3, -0.25) is 4.79 Å². The zero-order chi connectivity index (χ0) is 48.9. The van der Waals surface area contributed by atoms with Gasteiger partial charge in [-0.05, 0) is 12.1 Å². The van der Waals surface area contributed by atoms with Gasteiger partial charge in [0.25, 0.3) is 0 Å². The van der Waals surface area contributed by atoms with Crippen LogP contribution >= 0.6 is 0 Å². The molecule has 0 amide bonds. The zero-order valence-electron chi connectivity index (χ0n) is 31.2. The largest absolute Gasteiger partial charge is 0.478 e. The number of aromatic carboxylic acids is 1. The first kappa shape index (κ1) is 49.5. The van der Waals surface area contributed by atoms with E-state index in [2.05, 4.69) is 0 Å². The Balaban J connectivity index is 0.000000330. The van der Waals surface area contributed by atoms with Gasteiger partial charge in [-0.25, -0.2) is 92.6 Å². The molecule has 25 heteroatoms. The Kier molecular flexibility index (Phi) is 14.1. The second-order valence-corrected chi connectivity index (χ2v) is 15.2. The fourth-order valence-corrected chi connectivity index (χ4v) is 8.07. The summed E-state index contributed by atoms with van der Waals surface area (Å²) in [6, 6.07) is 15.9. The van der Waals surface area contributed by atoms with Crippen molar-refractivity contribution in [1.29, 1.82) is 0 Å². The average Bonchev–Trinajstić information content (AvgIpc) is 3.29. The minimum Gasteiger partial charge on any atom is -0.478 e. The SMILES string of the molecule is C[S+](CC(=O)c1ccccc1)c1cccc(C(=O)O)c1.Fc1c(F)c(F)c([B-](c2c(F)c(F)c(F)c(F)c2F)(c2c(F)c(F)c(F)c(F)c2F)c2c(F)c(F)c(F)c(F)c2F)c(F)c1F. The quantitative estimate of drug-likeness (QED) is 0.0395. The van der Waals surface area contributed by atoms with E-state index >= 15 is 35.1 Å². The van der Waals surface area contributed by atoms with Gasteiger partial charge in [-0.1, -0.05) is 36.4 Å². The molecule has 6 rings (SSSR count). The summed E-state index contributed by atoms with van der Waals surface area (Å²) in [5, 5.41) is 8.99. The van der Waals surface area contributed by atoms with E-state index in [4.69, 9.17) is 5.11 Å². The Hall–Kier alpha value is -6.53. The number of carbonyl (C=O) groups excluding carboxylic acids is 1. The third kappa shape index (κ3) is 8.13. The predicted molar refractivity (Wildman–Crippen MR) is 190 cm³/mol. The van der Waals surface area contributed by atoms with Crippen LogP contribution in [-0.2, 0) is 10.9 Å². The number of ketones is 1. The summed E-state index contributed by atoms with van der Waals surface area (Å²) in [5.41, 5.74) is -13.4. The minimum absolute atomic E-state index is 0.0807. The van der Waals surface area contributed by atoms with Crippen molar-refractivity contribution in [3.63, 3.8) is 0 Å². The van der Waals surface area contributed by atoms with Crippen molar-refractivity contribution >= 4 is 50.6 Å². The molecule has 6 aromatic carbocycles. The maximum atomic E-state index is 15.4. The monoisotopic (exact) mass is 966 g/mol. The Labute approximate surface area is 351 Å². The normalized spacial score (nSPS) is 12.0. The molecule has 1 N–H and O–H groups in total. The van der Waals surface area contributed by atoms with E-state index in [0.717, 1.165) is 4.90 Å². The Morgan fingerprint density at radius 1 is 0.400 bits per heavy atom. The minimum atomic E-state index is -7.22. The summed E-state index contributed by atoms with van der Waals surface area (Å²) in [6.45, 7) is 0. The Bertz CT molecular complexity index is 2550. The second-order valence-electron chi connectivity index (χ2n) is 13.2. The molecule has 0 aliphatic heterocycles. The lowest BCUT2D eigenvalue weighted by atomic mass is 9.12. The number of carboxylic acids is 1. The van der Waals surface area contributed by atoms with E-state index < -0.39 is 150 Å². The van der Waals surface area contributed by atoms with E-state index in [0.29, 0.717) is 11.3 Å². The van der Waals surface area contributed by atoms with Gasteiger partial charge in [-0.15, -0.1) is 21.9 Å². The maximum absolute atomic E-state index is 15.4. The van der Waals surface area contributed by atoms with Gasteiger partial charge in [0, 0.05) is 22.5 Å². The van der Waals surface area contributed by atoms with Gasteiger partial charge in [0.2, 0.25) is 5.78 Å². The lowest BCUT2D eigenvalue weighted by Crippen LogP contribution is -2.81. The summed E-state index contributed by atoms with van der Waals surface area (Å²) in [5.74, 6) is -71.9. The van der Waals surface area contributed by atoms with Gasteiger partial charge >= 0.3 is 5.97 Å². The fourth-order valence-electron chi connectivity index (χ4n) is 6.71. The van der Waals surface area contributed by atoms with E-state index in [9.17, 15) is 62.3 Å². The molecule has 1 atom stereocenters. The highest BCUT2D eigenvalue weighted by molar-refractivity contribution is 7.96. The molecule has 0 bridgehead atoms. The van der Waals surface area contributed by atoms with Gasteiger partial charge in [-0.2, -0.15) is 0 Å². The van der Waals surface area contributed by atoms with Crippen LogP contribution < -0.4 is 21.9 Å². The number of carbonyl (C=O) groups is 2. The third-order valence-corrected chi connectivity index (χ3v) is 11.4. The molecule has 0 radical (unpaired) electrons. The van der Waals surface area contributed by atoms with E-state index in [-0.39, 0.29) is 22.2 Å². The number of hydrogen-bond acceptors (Lipinski definition) is 2. The number of rotatable bonds is 9. The topological polar surface area (TPSA) is 54.4 Å². The van der Waals surface area contributed by atoms with Crippen molar-refractivity contribution in [2.24, 2.45) is 0 Å². The standard InChI is InChI=1S/C24BF20.C16H14O3S/c26-5-1(6(27)14(35)21(42)13(5)34)25(2-7(28)15(36)22(43)16(37)8(2)29,3-9(30)17(38)23(44)18(39)10(3)31)4-11(32)19(40)24(45)20(41)12(4)33;1-20(11-15(17)12-6-3-2-4-7-12)14-9-5-8-13(10-14)16(18)19/h;2-10H,11H2,1H3/q-1;/p+1. The molecule has 0 aliphatic carbocycles.